The summed E-state index contributed by atoms with van der Waals surface area (Å²) in [6.07, 6.45) is 0.666. The van der Waals surface area contributed by atoms with E-state index in [2.05, 4.69) is 5.32 Å². The fourth-order valence-electron chi connectivity index (χ4n) is 2.43. The molecule has 0 aliphatic carbocycles. The van der Waals surface area contributed by atoms with Crippen LogP contribution in [0.25, 0.3) is 0 Å². The van der Waals surface area contributed by atoms with Gasteiger partial charge in [0, 0.05) is 18.7 Å². The summed E-state index contributed by atoms with van der Waals surface area (Å²) in [7, 11) is 1.62. The van der Waals surface area contributed by atoms with Crippen LogP contribution in [-0.4, -0.2) is 37.2 Å². The highest BCUT2D eigenvalue weighted by Gasteiger charge is 2.10. The van der Waals surface area contributed by atoms with Gasteiger partial charge in [0.1, 0.15) is 5.75 Å². The molecule has 6 heteroatoms. The van der Waals surface area contributed by atoms with Crippen molar-refractivity contribution in [1.82, 2.24) is 5.32 Å². The fourth-order valence-corrected chi connectivity index (χ4v) is 2.43. The van der Waals surface area contributed by atoms with E-state index in [1.807, 2.05) is 24.3 Å². The Kier molecular flexibility index (Phi) is 7.17. The predicted molar refractivity (Wildman–Crippen MR) is 97.7 cm³/mol. The first kappa shape index (κ1) is 19.5. The maximum Gasteiger partial charge on any atom is 0.335 e. The Morgan fingerprint density at radius 2 is 1.77 bits per heavy atom. The lowest BCUT2D eigenvalue weighted by Gasteiger charge is -2.08. The van der Waals surface area contributed by atoms with Crippen LogP contribution in [0.15, 0.2) is 42.5 Å². The van der Waals surface area contributed by atoms with Crippen molar-refractivity contribution in [3.8, 4) is 5.75 Å². The number of ether oxygens (including phenoxy) is 2. The molecule has 0 bridgehead atoms. The molecule has 0 spiro atoms. The molecule has 6 nitrogen and oxygen atoms in total. The number of carboxylic acid groups (broad SMARTS) is 1. The largest absolute Gasteiger partial charge is 0.497 e. The summed E-state index contributed by atoms with van der Waals surface area (Å²) in [6.45, 7) is 3.23. The average molecular weight is 357 g/mol. The number of methoxy groups -OCH3 is 1. The van der Waals surface area contributed by atoms with Gasteiger partial charge >= 0.3 is 5.97 Å². The van der Waals surface area contributed by atoms with Crippen LogP contribution in [0.3, 0.4) is 0 Å². The monoisotopic (exact) mass is 357 g/mol. The van der Waals surface area contributed by atoms with Crippen molar-refractivity contribution in [2.75, 3.05) is 20.3 Å². The molecule has 0 aliphatic rings. The second kappa shape index (κ2) is 9.58. The number of aromatic carboxylic acids is 1. The van der Waals surface area contributed by atoms with Gasteiger partial charge in [-0.05, 0) is 54.8 Å². The van der Waals surface area contributed by atoms with Crippen LogP contribution in [0.1, 0.15) is 38.3 Å². The lowest BCUT2D eigenvalue weighted by molar-refractivity contribution is 0.0696. The molecule has 0 atom stereocenters. The van der Waals surface area contributed by atoms with Gasteiger partial charge in [-0.1, -0.05) is 12.1 Å². The Balaban J connectivity index is 1.70. The molecule has 0 heterocycles. The Morgan fingerprint density at radius 1 is 1.08 bits per heavy atom. The van der Waals surface area contributed by atoms with Gasteiger partial charge in [0.15, 0.2) is 0 Å². The van der Waals surface area contributed by atoms with E-state index in [0.29, 0.717) is 31.7 Å². The number of carbonyl (C=O) groups excluding carboxylic acids is 1. The van der Waals surface area contributed by atoms with Gasteiger partial charge < -0.3 is 19.9 Å². The van der Waals surface area contributed by atoms with E-state index >= 15 is 0 Å². The van der Waals surface area contributed by atoms with Gasteiger partial charge in [-0.25, -0.2) is 4.79 Å². The average Bonchev–Trinajstić information content (AvgIpc) is 2.64. The maximum absolute atomic E-state index is 12.1. The van der Waals surface area contributed by atoms with Crippen molar-refractivity contribution in [3.05, 3.63) is 64.7 Å². The third-order valence-corrected chi connectivity index (χ3v) is 3.77. The van der Waals surface area contributed by atoms with Crippen LogP contribution in [0.4, 0.5) is 0 Å². The fraction of sp³-hybridized carbons (Fsp3) is 0.300. The molecule has 0 aromatic heterocycles. The van der Waals surface area contributed by atoms with Crippen LogP contribution < -0.4 is 10.1 Å². The molecule has 26 heavy (non-hydrogen) atoms. The molecule has 0 fully saturated rings. The van der Waals surface area contributed by atoms with E-state index in [-0.39, 0.29) is 11.5 Å². The first-order chi connectivity index (χ1) is 12.5. The van der Waals surface area contributed by atoms with Gasteiger partial charge in [-0.2, -0.15) is 0 Å². The molecule has 2 aromatic carbocycles. The molecule has 1 amide bonds. The lowest BCUT2D eigenvalue weighted by Crippen LogP contribution is -2.25. The summed E-state index contributed by atoms with van der Waals surface area (Å²) >= 11 is 0. The van der Waals surface area contributed by atoms with E-state index in [4.69, 9.17) is 14.6 Å². The van der Waals surface area contributed by atoms with Crippen molar-refractivity contribution in [2.45, 2.75) is 20.0 Å². The zero-order valence-electron chi connectivity index (χ0n) is 15.0. The van der Waals surface area contributed by atoms with Gasteiger partial charge in [0.25, 0.3) is 5.91 Å². The zero-order valence-corrected chi connectivity index (χ0v) is 15.0. The first-order valence-electron chi connectivity index (χ1n) is 8.33. The number of nitrogens with one attached hydrogen (secondary N) is 1. The van der Waals surface area contributed by atoms with Crippen molar-refractivity contribution < 1.29 is 24.2 Å². The van der Waals surface area contributed by atoms with Crippen molar-refractivity contribution in [3.63, 3.8) is 0 Å². The maximum atomic E-state index is 12.1. The first-order valence-corrected chi connectivity index (χ1v) is 8.33. The summed E-state index contributed by atoms with van der Waals surface area (Å²) in [4.78, 5) is 23.2. The highest BCUT2D eigenvalue weighted by Crippen LogP contribution is 2.12. The summed E-state index contributed by atoms with van der Waals surface area (Å²) < 4.78 is 10.7. The Hall–Kier alpha value is -2.86. The summed E-state index contributed by atoms with van der Waals surface area (Å²) in [6, 6.07) is 12.2. The SMILES string of the molecule is COc1ccc(COCCCNC(=O)c2cc(C)cc(C(=O)O)c2)cc1. The zero-order chi connectivity index (χ0) is 18.9. The standard InChI is InChI=1S/C20H23NO5/c1-14-10-16(12-17(11-14)20(23)24)19(22)21-8-3-9-26-13-15-4-6-18(25-2)7-5-15/h4-7,10-12H,3,8-9,13H2,1-2H3,(H,21,22)(H,23,24). The Labute approximate surface area is 152 Å². The van der Waals surface area contributed by atoms with Gasteiger partial charge in [0.05, 0.1) is 19.3 Å². The Bertz CT molecular complexity index is 755. The van der Waals surface area contributed by atoms with Gasteiger partial charge in [-0.15, -0.1) is 0 Å². The molecule has 0 saturated heterocycles. The Morgan fingerprint density at radius 3 is 2.42 bits per heavy atom. The van der Waals surface area contributed by atoms with Crippen LogP contribution in [0.5, 0.6) is 5.75 Å². The second-order valence-corrected chi connectivity index (χ2v) is 5.90. The van der Waals surface area contributed by atoms with Crippen LogP contribution in [0.2, 0.25) is 0 Å². The lowest BCUT2D eigenvalue weighted by atomic mass is 10.1. The normalized spacial score (nSPS) is 10.4. The van der Waals surface area contributed by atoms with Crippen LogP contribution >= 0.6 is 0 Å². The highest BCUT2D eigenvalue weighted by molar-refractivity contribution is 5.97. The molecule has 2 N–H and O–H groups in total. The van der Waals surface area contributed by atoms with Crippen LogP contribution in [-0.2, 0) is 11.3 Å². The molecule has 2 rings (SSSR count). The van der Waals surface area contributed by atoms with Gasteiger partial charge in [-0.3, -0.25) is 4.79 Å². The van der Waals surface area contributed by atoms with Gasteiger partial charge in [0.2, 0.25) is 0 Å². The van der Waals surface area contributed by atoms with Crippen molar-refractivity contribution in [2.24, 2.45) is 0 Å². The summed E-state index contributed by atoms with van der Waals surface area (Å²) in [5.74, 6) is -0.528. The van der Waals surface area contributed by atoms with E-state index in [9.17, 15) is 9.59 Å². The minimum Gasteiger partial charge on any atom is -0.497 e. The molecule has 0 unspecified atom stereocenters. The number of aryl methyl sites for hydroxylation is 1. The molecule has 0 aliphatic heterocycles. The third-order valence-electron chi connectivity index (χ3n) is 3.77. The van der Waals surface area contributed by atoms with Crippen molar-refractivity contribution >= 4 is 11.9 Å². The quantitative estimate of drug-likeness (QED) is 0.674. The predicted octanol–water partition coefficient (Wildman–Crippen LogP) is 3.04. The molecular formula is C20H23NO5. The number of carboxylic acids is 1. The molecule has 138 valence electrons. The number of carbonyl (C=O) groups is 2. The number of hydrogen-bond donors (Lipinski definition) is 2. The van der Waals surface area contributed by atoms with E-state index in [0.717, 1.165) is 16.9 Å². The topological polar surface area (TPSA) is 84.9 Å². The van der Waals surface area contributed by atoms with E-state index in [1.165, 1.54) is 12.1 Å². The number of rotatable bonds is 9. The summed E-state index contributed by atoms with van der Waals surface area (Å²) in [5.41, 5.74) is 2.24. The van der Waals surface area contributed by atoms with Crippen molar-refractivity contribution in [1.29, 1.82) is 0 Å². The van der Waals surface area contributed by atoms with Crippen LogP contribution in [0, 0.1) is 6.92 Å². The number of hydrogen-bond acceptors (Lipinski definition) is 4. The minimum absolute atomic E-state index is 0.109. The highest BCUT2D eigenvalue weighted by atomic mass is 16.5. The van der Waals surface area contributed by atoms with E-state index in [1.54, 1.807) is 20.1 Å². The number of amides is 1. The molecule has 0 saturated carbocycles. The third kappa shape index (κ3) is 5.89. The molecular weight excluding hydrogens is 334 g/mol. The second-order valence-electron chi connectivity index (χ2n) is 5.90. The molecule has 2 aromatic rings. The molecule has 0 radical (unpaired) electrons. The smallest absolute Gasteiger partial charge is 0.335 e. The van der Waals surface area contributed by atoms with E-state index < -0.39 is 5.97 Å². The summed E-state index contributed by atoms with van der Waals surface area (Å²) in [5, 5.41) is 11.8. The number of benzene rings is 2. The minimum atomic E-state index is -1.05.